The maximum atomic E-state index is 10.1. The second kappa shape index (κ2) is 9.16. The van der Waals surface area contributed by atoms with Gasteiger partial charge in [0.1, 0.15) is 0 Å². The smallest absolute Gasteiger partial charge is 0.192 e. The minimum absolute atomic E-state index is 0.292. The zero-order chi connectivity index (χ0) is 21.4. The van der Waals surface area contributed by atoms with Crippen molar-refractivity contribution in [1.82, 2.24) is 0 Å². The standard InChI is InChI=1S/C24H47IO2Si/c1-22(2,3)28(7,8)27-21-12-10-16-24(6)19(13-14-20(21)24)18(17-25)11-9-15-23(4,5)26/h18-21,26H,9-17H2,1-8H3/t18-,19+,20-,21-,24?/m0/s1. The fraction of sp³-hybridized carbons (Fsp3) is 1.00. The zero-order valence-corrected chi connectivity index (χ0v) is 23.1. The van der Waals surface area contributed by atoms with E-state index in [2.05, 4.69) is 63.4 Å². The lowest BCUT2D eigenvalue weighted by atomic mass is 9.61. The van der Waals surface area contributed by atoms with Gasteiger partial charge < -0.3 is 9.53 Å². The van der Waals surface area contributed by atoms with Crippen LogP contribution in [-0.2, 0) is 4.43 Å². The number of rotatable bonds is 8. The van der Waals surface area contributed by atoms with E-state index in [1.165, 1.54) is 43.0 Å². The number of alkyl halides is 1. The minimum atomic E-state index is -1.71. The van der Waals surface area contributed by atoms with E-state index >= 15 is 0 Å². The molecule has 0 radical (unpaired) electrons. The molecule has 2 nitrogen and oxygen atoms in total. The Morgan fingerprint density at radius 3 is 2.32 bits per heavy atom. The first kappa shape index (κ1) is 25.1. The van der Waals surface area contributed by atoms with E-state index in [0.29, 0.717) is 16.6 Å². The molecule has 0 aromatic carbocycles. The van der Waals surface area contributed by atoms with Crippen LogP contribution in [0.1, 0.15) is 92.9 Å². The Labute approximate surface area is 190 Å². The van der Waals surface area contributed by atoms with Crippen molar-refractivity contribution in [2.45, 2.75) is 123 Å². The van der Waals surface area contributed by atoms with Crippen LogP contribution >= 0.6 is 22.6 Å². The molecule has 2 aliphatic carbocycles. The van der Waals surface area contributed by atoms with Crippen LogP contribution in [0.25, 0.3) is 0 Å². The van der Waals surface area contributed by atoms with Crippen LogP contribution < -0.4 is 0 Å². The van der Waals surface area contributed by atoms with Gasteiger partial charge in [0.25, 0.3) is 0 Å². The van der Waals surface area contributed by atoms with Crippen molar-refractivity contribution in [3.05, 3.63) is 0 Å². The Balaban J connectivity index is 2.09. The molecule has 2 saturated carbocycles. The van der Waals surface area contributed by atoms with Crippen LogP contribution in [0, 0.1) is 23.2 Å². The van der Waals surface area contributed by atoms with Gasteiger partial charge in [0.2, 0.25) is 0 Å². The summed E-state index contributed by atoms with van der Waals surface area (Å²) < 4.78 is 8.27. The number of hydrogen-bond donors (Lipinski definition) is 1. The summed E-state index contributed by atoms with van der Waals surface area (Å²) in [6.07, 6.45) is 10.6. The first-order valence-corrected chi connectivity index (χ1v) is 16.1. The topological polar surface area (TPSA) is 29.5 Å². The Kier molecular flexibility index (Phi) is 8.22. The van der Waals surface area contributed by atoms with Gasteiger partial charge in [0.15, 0.2) is 8.32 Å². The quantitative estimate of drug-likeness (QED) is 0.202. The summed E-state index contributed by atoms with van der Waals surface area (Å²) in [7, 11) is -1.71. The zero-order valence-electron chi connectivity index (χ0n) is 19.9. The van der Waals surface area contributed by atoms with Crippen LogP contribution in [-0.4, -0.2) is 29.6 Å². The molecule has 28 heavy (non-hydrogen) atoms. The molecular weight excluding hydrogens is 475 g/mol. The van der Waals surface area contributed by atoms with Gasteiger partial charge in [-0.25, -0.2) is 0 Å². The molecule has 0 aromatic rings. The fourth-order valence-electron chi connectivity index (χ4n) is 5.81. The third-order valence-electron chi connectivity index (χ3n) is 8.52. The van der Waals surface area contributed by atoms with Gasteiger partial charge in [-0.3, -0.25) is 0 Å². The van der Waals surface area contributed by atoms with Gasteiger partial charge in [-0.05, 0) is 93.7 Å². The van der Waals surface area contributed by atoms with E-state index in [9.17, 15) is 5.11 Å². The van der Waals surface area contributed by atoms with Gasteiger partial charge in [-0.15, -0.1) is 0 Å². The van der Waals surface area contributed by atoms with Gasteiger partial charge in [0.05, 0.1) is 5.60 Å². The van der Waals surface area contributed by atoms with Crippen LogP contribution in [0.3, 0.4) is 0 Å². The molecular formula is C24H47IO2Si. The molecule has 2 aliphatic rings. The first-order chi connectivity index (χ1) is 12.7. The van der Waals surface area contributed by atoms with Crippen LogP contribution in [0.4, 0.5) is 0 Å². The fourth-order valence-corrected chi connectivity index (χ4v) is 8.26. The maximum absolute atomic E-state index is 10.1. The van der Waals surface area contributed by atoms with E-state index in [0.717, 1.165) is 30.6 Å². The summed E-state index contributed by atoms with van der Waals surface area (Å²) >= 11 is 2.62. The number of hydrogen-bond acceptors (Lipinski definition) is 2. The van der Waals surface area contributed by atoms with Gasteiger partial charge >= 0.3 is 0 Å². The summed E-state index contributed by atoms with van der Waals surface area (Å²) in [5, 5.41) is 10.4. The van der Waals surface area contributed by atoms with Crippen molar-refractivity contribution < 1.29 is 9.53 Å². The molecule has 1 unspecified atom stereocenters. The molecule has 5 atom stereocenters. The van der Waals surface area contributed by atoms with Crippen molar-refractivity contribution in [3.8, 4) is 0 Å². The lowest BCUT2D eigenvalue weighted by molar-refractivity contribution is -0.0211. The second-order valence-electron chi connectivity index (χ2n) is 12.2. The average molecular weight is 523 g/mol. The number of aliphatic hydroxyl groups is 1. The number of fused-ring (bicyclic) bond motifs is 1. The Bertz CT molecular complexity index is 508. The van der Waals surface area contributed by atoms with Crippen molar-refractivity contribution in [2.75, 3.05) is 4.43 Å². The van der Waals surface area contributed by atoms with Crippen molar-refractivity contribution in [3.63, 3.8) is 0 Å². The molecule has 0 spiro atoms. The molecule has 2 rings (SSSR count). The highest BCUT2D eigenvalue weighted by Crippen LogP contribution is 2.59. The molecule has 0 saturated heterocycles. The van der Waals surface area contributed by atoms with Gasteiger partial charge in [-0.1, -0.05) is 63.1 Å². The van der Waals surface area contributed by atoms with E-state index in [-0.39, 0.29) is 0 Å². The molecule has 0 heterocycles. The van der Waals surface area contributed by atoms with E-state index in [1.54, 1.807) is 0 Å². The SMILES string of the molecule is CC(C)(O)CCC[C@@H](CI)[C@H]1CC[C@H]2[C@@H](O[Si](C)(C)C(C)(C)C)CCCC12C. The predicted octanol–water partition coefficient (Wildman–Crippen LogP) is 7.59. The molecule has 0 aromatic heterocycles. The minimum Gasteiger partial charge on any atom is -0.414 e. The highest BCUT2D eigenvalue weighted by molar-refractivity contribution is 14.1. The molecule has 166 valence electrons. The van der Waals surface area contributed by atoms with Crippen LogP contribution in [0.15, 0.2) is 0 Å². The van der Waals surface area contributed by atoms with E-state index in [1.807, 2.05) is 13.8 Å². The van der Waals surface area contributed by atoms with E-state index in [4.69, 9.17) is 4.43 Å². The summed E-state index contributed by atoms with van der Waals surface area (Å²) in [5.74, 6) is 2.38. The van der Waals surface area contributed by atoms with Crippen LogP contribution in [0.5, 0.6) is 0 Å². The van der Waals surface area contributed by atoms with Gasteiger partial charge in [0, 0.05) is 10.5 Å². The molecule has 0 bridgehead atoms. The third kappa shape index (κ3) is 5.76. The third-order valence-corrected chi connectivity index (χ3v) is 14.2. The van der Waals surface area contributed by atoms with Crippen molar-refractivity contribution >= 4 is 30.9 Å². The van der Waals surface area contributed by atoms with E-state index < -0.39 is 13.9 Å². The Morgan fingerprint density at radius 1 is 1.14 bits per heavy atom. The lowest BCUT2D eigenvalue weighted by Gasteiger charge is -2.50. The largest absolute Gasteiger partial charge is 0.414 e. The summed E-state index contributed by atoms with van der Waals surface area (Å²) in [6.45, 7) is 18.5. The molecule has 2 fully saturated rings. The molecule has 1 N–H and O–H groups in total. The summed E-state index contributed by atoms with van der Waals surface area (Å²) in [4.78, 5) is 0. The van der Waals surface area contributed by atoms with Crippen LogP contribution in [0.2, 0.25) is 18.1 Å². The number of halogens is 1. The highest BCUT2D eigenvalue weighted by Gasteiger charge is 2.54. The predicted molar refractivity (Wildman–Crippen MR) is 133 cm³/mol. The second-order valence-corrected chi connectivity index (χ2v) is 17.9. The molecule has 0 aliphatic heterocycles. The monoisotopic (exact) mass is 522 g/mol. The molecule has 0 amide bonds. The summed E-state index contributed by atoms with van der Waals surface area (Å²) in [6, 6.07) is 0. The Hall–Kier alpha value is 0.867. The lowest BCUT2D eigenvalue weighted by Crippen LogP contribution is -2.50. The van der Waals surface area contributed by atoms with Crippen molar-refractivity contribution in [2.24, 2.45) is 23.2 Å². The normalized spacial score (nSPS) is 33.0. The maximum Gasteiger partial charge on any atom is 0.192 e. The highest BCUT2D eigenvalue weighted by atomic mass is 127. The van der Waals surface area contributed by atoms with Crippen molar-refractivity contribution in [1.29, 1.82) is 0 Å². The molecule has 4 heteroatoms. The Morgan fingerprint density at radius 2 is 1.79 bits per heavy atom. The summed E-state index contributed by atoms with van der Waals surface area (Å²) in [5.41, 5.74) is -0.0687. The first-order valence-electron chi connectivity index (χ1n) is 11.7. The van der Waals surface area contributed by atoms with Gasteiger partial charge in [-0.2, -0.15) is 0 Å². The average Bonchev–Trinajstić information content (AvgIpc) is 2.87.